The summed E-state index contributed by atoms with van der Waals surface area (Å²) in [4.78, 5) is 2.34. The molecule has 1 radical (unpaired) electrons. The molecule has 0 aliphatic carbocycles. The summed E-state index contributed by atoms with van der Waals surface area (Å²) >= 11 is 5.81. The summed E-state index contributed by atoms with van der Waals surface area (Å²) in [5.74, 6) is 0. The summed E-state index contributed by atoms with van der Waals surface area (Å²) < 4.78 is 0. The van der Waals surface area contributed by atoms with Crippen molar-refractivity contribution < 1.29 is 0 Å². The van der Waals surface area contributed by atoms with Crippen LogP contribution >= 0.6 is 11.6 Å². The van der Waals surface area contributed by atoms with Crippen LogP contribution in [0.2, 0.25) is 5.02 Å². The summed E-state index contributed by atoms with van der Waals surface area (Å²) in [6.07, 6.45) is 0. The van der Waals surface area contributed by atoms with Crippen molar-refractivity contribution in [1.29, 1.82) is 0 Å². The molecule has 2 rings (SSSR count). The number of piperazine rings is 1. The first-order valence-corrected chi connectivity index (χ1v) is 4.88. The molecule has 3 heteroatoms. The Bertz CT molecular complexity index is 265. The average molecular weight is 196 g/mol. The minimum atomic E-state index is 0.797. The molecular formula is C10H12ClN2. The standard InChI is InChI=1S/C10H12ClN2/c11-9-1-3-10(4-2-9)13-7-5-12-6-8-13/h1-4H,5-8H2. The Hall–Kier alpha value is -0.730. The van der Waals surface area contributed by atoms with E-state index in [0.717, 1.165) is 31.2 Å². The molecule has 0 atom stereocenters. The van der Waals surface area contributed by atoms with Gasteiger partial charge < -0.3 is 4.90 Å². The van der Waals surface area contributed by atoms with Gasteiger partial charge in [0, 0.05) is 36.9 Å². The van der Waals surface area contributed by atoms with E-state index in [2.05, 4.69) is 22.3 Å². The predicted octanol–water partition coefficient (Wildman–Crippen LogP) is 1.76. The Kier molecular flexibility index (Phi) is 2.71. The molecule has 13 heavy (non-hydrogen) atoms. The first-order valence-electron chi connectivity index (χ1n) is 4.50. The van der Waals surface area contributed by atoms with Crippen LogP contribution in [0.5, 0.6) is 0 Å². The first-order chi connectivity index (χ1) is 6.36. The molecule has 2 nitrogen and oxygen atoms in total. The van der Waals surface area contributed by atoms with Crippen molar-refractivity contribution in [2.24, 2.45) is 0 Å². The van der Waals surface area contributed by atoms with Crippen molar-refractivity contribution in [3.05, 3.63) is 29.3 Å². The van der Waals surface area contributed by atoms with Crippen molar-refractivity contribution >= 4 is 17.3 Å². The van der Waals surface area contributed by atoms with Gasteiger partial charge in [-0.25, -0.2) is 5.32 Å². The summed E-state index contributed by atoms with van der Waals surface area (Å²) in [6.45, 7) is 3.95. The van der Waals surface area contributed by atoms with Gasteiger partial charge in [0.25, 0.3) is 0 Å². The molecule has 0 bridgehead atoms. The monoisotopic (exact) mass is 195 g/mol. The molecule has 1 aliphatic rings. The average Bonchev–Trinajstić information content (AvgIpc) is 2.20. The number of anilines is 1. The molecule has 0 saturated carbocycles. The van der Waals surface area contributed by atoms with Gasteiger partial charge in [-0.3, -0.25) is 0 Å². The number of rotatable bonds is 1. The maximum atomic E-state index is 5.81. The number of nitrogens with zero attached hydrogens (tertiary/aromatic N) is 2. The summed E-state index contributed by atoms with van der Waals surface area (Å²) in [5, 5.41) is 5.10. The van der Waals surface area contributed by atoms with E-state index in [-0.39, 0.29) is 0 Å². The van der Waals surface area contributed by atoms with Gasteiger partial charge in [0.15, 0.2) is 0 Å². The van der Waals surface area contributed by atoms with Crippen molar-refractivity contribution in [1.82, 2.24) is 5.32 Å². The van der Waals surface area contributed by atoms with Gasteiger partial charge in [0.05, 0.1) is 0 Å². The third-order valence-corrected chi connectivity index (χ3v) is 2.50. The topological polar surface area (TPSA) is 17.3 Å². The smallest absolute Gasteiger partial charge is 0.0407 e. The van der Waals surface area contributed by atoms with Gasteiger partial charge in [-0.05, 0) is 24.3 Å². The highest BCUT2D eigenvalue weighted by molar-refractivity contribution is 6.30. The Balaban J connectivity index is 2.10. The van der Waals surface area contributed by atoms with E-state index in [0.29, 0.717) is 0 Å². The number of benzene rings is 1. The lowest BCUT2D eigenvalue weighted by Crippen LogP contribution is -2.40. The van der Waals surface area contributed by atoms with Gasteiger partial charge in [-0.1, -0.05) is 11.6 Å². The second-order valence-corrected chi connectivity index (χ2v) is 3.57. The van der Waals surface area contributed by atoms with Crippen LogP contribution in [0.15, 0.2) is 24.3 Å². The fourth-order valence-electron chi connectivity index (χ4n) is 1.52. The van der Waals surface area contributed by atoms with Gasteiger partial charge in [0.1, 0.15) is 0 Å². The highest BCUT2D eigenvalue weighted by Crippen LogP contribution is 2.18. The number of hydrogen-bond acceptors (Lipinski definition) is 1. The van der Waals surface area contributed by atoms with Crippen molar-refractivity contribution in [3.63, 3.8) is 0 Å². The third kappa shape index (κ3) is 2.14. The van der Waals surface area contributed by atoms with E-state index < -0.39 is 0 Å². The van der Waals surface area contributed by atoms with E-state index in [1.165, 1.54) is 5.69 Å². The zero-order chi connectivity index (χ0) is 9.10. The van der Waals surface area contributed by atoms with Crippen molar-refractivity contribution in [3.8, 4) is 0 Å². The molecule has 0 N–H and O–H groups in total. The maximum absolute atomic E-state index is 5.81. The summed E-state index contributed by atoms with van der Waals surface area (Å²) in [5.41, 5.74) is 1.25. The molecule has 69 valence electrons. The summed E-state index contributed by atoms with van der Waals surface area (Å²) in [6, 6.07) is 7.99. The van der Waals surface area contributed by atoms with E-state index >= 15 is 0 Å². The molecular weight excluding hydrogens is 184 g/mol. The molecule has 0 aromatic heterocycles. The van der Waals surface area contributed by atoms with Crippen LogP contribution in [0, 0.1) is 0 Å². The fourth-order valence-corrected chi connectivity index (χ4v) is 1.64. The molecule has 1 aromatic rings. The van der Waals surface area contributed by atoms with Crippen molar-refractivity contribution in [2.45, 2.75) is 0 Å². The highest BCUT2D eigenvalue weighted by atomic mass is 35.5. The quantitative estimate of drug-likeness (QED) is 0.668. The maximum Gasteiger partial charge on any atom is 0.0407 e. The molecule has 0 unspecified atom stereocenters. The SMILES string of the molecule is Clc1ccc(N2CC[N]CC2)cc1. The Labute approximate surface area is 83.5 Å². The van der Waals surface area contributed by atoms with Crippen LogP contribution in [-0.4, -0.2) is 26.2 Å². The van der Waals surface area contributed by atoms with Crippen LogP contribution in [0.1, 0.15) is 0 Å². The lowest BCUT2D eigenvalue weighted by Gasteiger charge is -2.28. The molecule has 1 aromatic carbocycles. The molecule has 1 saturated heterocycles. The van der Waals surface area contributed by atoms with Gasteiger partial charge in [-0.2, -0.15) is 0 Å². The highest BCUT2D eigenvalue weighted by Gasteiger charge is 2.10. The molecule has 0 spiro atoms. The van der Waals surface area contributed by atoms with Crippen LogP contribution in [0.3, 0.4) is 0 Å². The van der Waals surface area contributed by atoms with Crippen LogP contribution in [0.25, 0.3) is 0 Å². The van der Waals surface area contributed by atoms with E-state index in [4.69, 9.17) is 11.6 Å². The lowest BCUT2D eigenvalue weighted by molar-refractivity contribution is 0.579. The van der Waals surface area contributed by atoms with E-state index in [1.807, 2.05) is 12.1 Å². The minimum Gasteiger partial charge on any atom is -0.369 e. The second kappa shape index (κ2) is 3.99. The minimum absolute atomic E-state index is 0.797. The largest absolute Gasteiger partial charge is 0.369 e. The van der Waals surface area contributed by atoms with Crippen molar-refractivity contribution in [2.75, 3.05) is 31.1 Å². The van der Waals surface area contributed by atoms with Gasteiger partial charge in [-0.15, -0.1) is 0 Å². The fraction of sp³-hybridized carbons (Fsp3) is 0.400. The molecule has 0 amide bonds. The van der Waals surface area contributed by atoms with Gasteiger partial charge >= 0.3 is 0 Å². The van der Waals surface area contributed by atoms with E-state index in [9.17, 15) is 0 Å². The Morgan fingerprint density at radius 1 is 1.08 bits per heavy atom. The molecule has 1 fully saturated rings. The van der Waals surface area contributed by atoms with Crippen LogP contribution in [-0.2, 0) is 0 Å². The number of hydrogen-bond donors (Lipinski definition) is 0. The number of halogens is 1. The lowest BCUT2D eigenvalue weighted by atomic mass is 10.2. The molecule has 1 aliphatic heterocycles. The predicted molar refractivity (Wildman–Crippen MR) is 55.5 cm³/mol. The summed E-state index contributed by atoms with van der Waals surface area (Å²) in [7, 11) is 0. The van der Waals surface area contributed by atoms with E-state index in [1.54, 1.807) is 0 Å². The Morgan fingerprint density at radius 3 is 2.31 bits per heavy atom. The third-order valence-electron chi connectivity index (χ3n) is 2.25. The molecule has 1 heterocycles. The van der Waals surface area contributed by atoms with Gasteiger partial charge in [0.2, 0.25) is 0 Å². The van der Waals surface area contributed by atoms with Crippen LogP contribution < -0.4 is 10.2 Å². The zero-order valence-electron chi connectivity index (χ0n) is 7.41. The Morgan fingerprint density at radius 2 is 1.69 bits per heavy atom. The zero-order valence-corrected chi connectivity index (χ0v) is 8.17. The first kappa shape index (κ1) is 8.85. The van der Waals surface area contributed by atoms with Crippen LogP contribution in [0.4, 0.5) is 5.69 Å². The normalized spacial score (nSPS) is 17.5. The second-order valence-electron chi connectivity index (χ2n) is 3.13.